The van der Waals surface area contributed by atoms with E-state index in [2.05, 4.69) is 5.32 Å². The van der Waals surface area contributed by atoms with Crippen LogP contribution in [-0.4, -0.2) is 18.8 Å². The third kappa shape index (κ3) is 1.68. The topological polar surface area (TPSA) is 41.5 Å². The standard InChI is InChI=1S/C11H15NO2/c1-14-11-5-4-8(7-10(11)13)9-3-2-6-12-9/h4-5,7,9,12-13H,2-3,6H2,1H3. The van der Waals surface area contributed by atoms with Crippen molar-refractivity contribution in [1.82, 2.24) is 5.32 Å². The smallest absolute Gasteiger partial charge is 0.160 e. The molecular weight excluding hydrogens is 178 g/mol. The first-order chi connectivity index (χ1) is 6.81. The fourth-order valence-electron chi connectivity index (χ4n) is 1.89. The molecule has 0 saturated carbocycles. The number of ether oxygens (including phenoxy) is 1. The molecule has 3 heteroatoms. The zero-order valence-corrected chi connectivity index (χ0v) is 8.29. The van der Waals surface area contributed by atoms with Gasteiger partial charge in [0, 0.05) is 6.04 Å². The third-order valence-corrected chi connectivity index (χ3v) is 2.67. The molecule has 1 fully saturated rings. The first-order valence-corrected chi connectivity index (χ1v) is 4.91. The Balaban J connectivity index is 2.23. The van der Waals surface area contributed by atoms with Gasteiger partial charge in [-0.3, -0.25) is 0 Å². The van der Waals surface area contributed by atoms with Crippen LogP contribution in [0.15, 0.2) is 18.2 Å². The van der Waals surface area contributed by atoms with Gasteiger partial charge in [-0.1, -0.05) is 6.07 Å². The van der Waals surface area contributed by atoms with Crippen LogP contribution >= 0.6 is 0 Å². The van der Waals surface area contributed by atoms with Gasteiger partial charge in [-0.2, -0.15) is 0 Å². The van der Waals surface area contributed by atoms with E-state index >= 15 is 0 Å². The molecule has 1 aromatic rings. The molecule has 0 amide bonds. The zero-order chi connectivity index (χ0) is 9.97. The highest BCUT2D eigenvalue weighted by molar-refractivity contribution is 5.42. The molecule has 1 heterocycles. The summed E-state index contributed by atoms with van der Waals surface area (Å²) in [5.74, 6) is 0.755. The van der Waals surface area contributed by atoms with E-state index in [1.165, 1.54) is 6.42 Å². The summed E-state index contributed by atoms with van der Waals surface area (Å²) in [6.07, 6.45) is 2.35. The van der Waals surface area contributed by atoms with Crippen LogP contribution in [0.3, 0.4) is 0 Å². The second kappa shape index (κ2) is 3.88. The fourth-order valence-corrected chi connectivity index (χ4v) is 1.89. The van der Waals surface area contributed by atoms with Crippen LogP contribution < -0.4 is 10.1 Å². The summed E-state index contributed by atoms with van der Waals surface area (Å²) in [6, 6.07) is 5.99. The second-order valence-corrected chi connectivity index (χ2v) is 3.58. The van der Waals surface area contributed by atoms with Crippen molar-refractivity contribution < 1.29 is 9.84 Å². The minimum Gasteiger partial charge on any atom is -0.504 e. The van der Waals surface area contributed by atoms with Crippen molar-refractivity contribution in [2.24, 2.45) is 0 Å². The molecule has 2 rings (SSSR count). The van der Waals surface area contributed by atoms with E-state index in [1.54, 1.807) is 13.2 Å². The van der Waals surface area contributed by atoms with Gasteiger partial charge in [-0.15, -0.1) is 0 Å². The molecule has 1 aromatic carbocycles. The maximum atomic E-state index is 9.60. The first kappa shape index (κ1) is 9.34. The maximum Gasteiger partial charge on any atom is 0.160 e. The number of phenols is 1. The largest absolute Gasteiger partial charge is 0.504 e. The van der Waals surface area contributed by atoms with Gasteiger partial charge >= 0.3 is 0 Å². The van der Waals surface area contributed by atoms with E-state index in [1.807, 2.05) is 12.1 Å². The van der Waals surface area contributed by atoms with Crippen molar-refractivity contribution in [3.63, 3.8) is 0 Å². The quantitative estimate of drug-likeness (QED) is 0.752. The lowest BCUT2D eigenvalue weighted by Crippen LogP contribution is -2.12. The van der Waals surface area contributed by atoms with Crippen molar-refractivity contribution in [1.29, 1.82) is 0 Å². The van der Waals surface area contributed by atoms with Gasteiger partial charge in [-0.25, -0.2) is 0 Å². The van der Waals surface area contributed by atoms with Crippen molar-refractivity contribution in [2.45, 2.75) is 18.9 Å². The number of phenolic OH excluding ortho intramolecular Hbond substituents is 1. The summed E-state index contributed by atoms with van der Waals surface area (Å²) < 4.78 is 4.99. The number of hydrogen-bond acceptors (Lipinski definition) is 3. The molecule has 0 aromatic heterocycles. The van der Waals surface area contributed by atoms with Crippen LogP contribution in [0.1, 0.15) is 24.4 Å². The van der Waals surface area contributed by atoms with Crippen molar-refractivity contribution in [2.75, 3.05) is 13.7 Å². The third-order valence-electron chi connectivity index (χ3n) is 2.67. The lowest BCUT2D eigenvalue weighted by Gasteiger charge is -2.12. The molecule has 1 aliphatic heterocycles. The average Bonchev–Trinajstić information content (AvgIpc) is 2.70. The number of methoxy groups -OCH3 is 1. The Bertz CT molecular complexity index is 319. The van der Waals surface area contributed by atoms with Crippen LogP contribution in [0, 0.1) is 0 Å². The minimum atomic E-state index is 0.221. The van der Waals surface area contributed by atoms with Gasteiger partial charge in [-0.05, 0) is 37.1 Å². The summed E-state index contributed by atoms with van der Waals surface area (Å²) in [5.41, 5.74) is 1.14. The molecular formula is C11H15NO2. The highest BCUT2D eigenvalue weighted by atomic mass is 16.5. The highest BCUT2D eigenvalue weighted by Gasteiger charge is 2.17. The van der Waals surface area contributed by atoms with Crippen LogP contribution in [0.2, 0.25) is 0 Å². The number of rotatable bonds is 2. The summed E-state index contributed by atoms with van der Waals surface area (Å²) >= 11 is 0. The van der Waals surface area contributed by atoms with Gasteiger partial charge in [0.1, 0.15) is 0 Å². The van der Waals surface area contributed by atoms with E-state index in [9.17, 15) is 5.11 Å². The van der Waals surface area contributed by atoms with Crippen LogP contribution in [-0.2, 0) is 0 Å². The molecule has 0 bridgehead atoms. The predicted molar refractivity (Wildman–Crippen MR) is 54.6 cm³/mol. The van der Waals surface area contributed by atoms with E-state index in [-0.39, 0.29) is 5.75 Å². The zero-order valence-electron chi connectivity index (χ0n) is 8.29. The van der Waals surface area contributed by atoms with Gasteiger partial charge in [0.2, 0.25) is 0 Å². The monoisotopic (exact) mass is 193 g/mol. The maximum absolute atomic E-state index is 9.60. The van der Waals surface area contributed by atoms with E-state index < -0.39 is 0 Å². The Labute approximate surface area is 83.7 Å². The Morgan fingerprint density at radius 2 is 2.36 bits per heavy atom. The van der Waals surface area contributed by atoms with E-state index in [0.717, 1.165) is 18.5 Å². The van der Waals surface area contributed by atoms with Gasteiger partial charge in [0.15, 0.2) is 11.5 Å². The second-order valence-electron chi connectivity index (χ2n) is 3.58. The van der Waals surface area contributed by atoms with Gasteiger partial charge < -0.3 is 15.2 Å². The van der Waals surface area contributed by atoms with Crippen molar-refractivity contribution >= 4 is 0 Å². The molecule has 1 aliphatic rings. The number of aromatic hydroxyl groups is 1. The normalized spacial score (nSPS) is 21.1. The SMILES string of the molecule is COc1ccc(C2CCCN2)cc1O. The molecule has 0 aliphatic carbocycles. The molecule has 76 valence electrons. The molecule has 0 radical (unpaired) electrons. The Hall–Kier alpha value is -1.22. The molecule has 3 nitrogen and oxygen atoms in total. The summed E-state index contributed by atoms with van der Waals surface area (Å²) in [5, 5.41) is 13.0. The predicted octanol–water partition coefficient (Wildman–Crippen LogP) is 1.83. The van der Waals surface area contributed by atoms with Gasteiger partial charge in [0.05, 0.1) is 7.11 Å². The summed E-state index contributed by atoms with van der Waals surface area (Å²) in [6.45, 7) is 1.07. The number of nitrogens with one attached hydrogen (secondary N) is 1. The highest BCUT2D eigenvalue weighted by Crippen LogP contribution is 2.31. The molecule has 1 unspecified atom stereocenters. The molecule has 2 N–H and O–H groups in total. The summed E-state index contributed by atoms with van der Waals surface area (Å²) in [7, 11) is 1.56. The average molecular weight is 193 g/mol. The van der Waals surface area contributed by atoms with Crippen molar-refractivity contribution in [3.8, 4) is 11.5 Å². The lowest BCUT2D eigenvalue weighted by atomic mass is 10.0. The fraction of sp³-hybridized carbons (Fsp3) is 0.455. The number of hydrogen-bond donors (Lipinski definition) is 2. The Morgan fingerprint density at radius 3 is 2.93 bits per heavy atom. The molecule has 14 heavy (non-hydrogen) atoms. The number of benzene rings is 1. The Morgan fingerprint density at radius 1 is 1.50 bits per heavy atom. The summed E-state index contributed by atoms with van der Waals surface area (Å²) in [4.78, 5) is 0. The van der Waals surface area contributed by atoms with Gasteiger partial charge in [0.25, 0.3) is 0 Å². The lowest BCUT2D eigenvalue weighted by molar-refractivity contribution is 0.372. The van der Waals surface area contributed by atoms with Crippen molar-refractivity contribution in [3.05, 3.63) is 23.8 Å². The molecule has 0 spiro atoms. The molecule has 1 saturated heterocycles. The van der Waals surface area contributed by atoms with Crippen LogP contribution in [0.25, 0.3) is 0 Å². The van der Waals surface area contributed by atoms with E-state index in [0.29, 0.717) is 11.8 Å². The molecule has 1 atom stereocenters. The van der Waals surface area contributed by atoms with E-state index in [4.69, 9.17) is 4.74 Å². The first-order valence-electron chi connectivity index (χ1n) is 4.91. The minimum absolute atomic E-state index is 0.221. The Kier molecular flexibility index (Phi) is 2.59. The van der Waals surface area contributed by atoms with Crippen LogP contribution in [0.5, 0.6) is 11.5 Å². The van der Waals surface area contributed by atoms with Crippen LogP contribution in [0.4, 0.5) is 0 Å².